The Hall–Kier alpha value is -3.72. The van der Waals surface area contributed by atoms with E-state index in [0.717, 1.165) is 6.42 Å². The Kier molecular flexibility index (Phi) is 6.18. The molecule has 0 aromatic heterocycles. The van der Waals surface area contributed by atoms with Crippen LogP contribution in [0.5, 0.6) is 17.2 Å². The Balaban J connectivity index is 1.50. The van der Waals surface area contributed by atoms with Crippen molar-refractivity contribution in [3.63, 3.8) is 0 Å². The molecule has 1 amide bonds. The lowest BCUT2D eigenvalue weighted by atomic mass is 10.2. The van der Waals surface area contributed by atoms with Crippen LogP contribution in [0.15, 0.2) is 71.6 Å². The summed E-state index contributed by atoms with van der Waals surface area (Å²) in [6.07, 6.45) is 0.766. The van der Waals surface area contributed by atoms with Gasteiger partial charge < -0.3 is 19.5 Å². The number of benzene rings is 3. The maximum absolute atomic E-state index is 12.8. The van der Waals surface area contributed by atoms with E-state index in [2.05, 4.69) is 10.0 Å². The average molecular weight is 455 g/mol. The molecule has 166 valence electrons. The highest BCUT2D eigenvalue weighted by atomic mass is 32.2. The molecule has 32 heavy (non-hydrogen) atoms. The minimum Gasteiger partial charge on any atom is -0.497 e. The van der Waals surface area contributed by atoms with Gasteiger partial charge in [-0.25, -0.2) is 8.42 Å². The van der Waals surface area contributed by atoms with Crippen LogP contribution in [0.1, 0.15) is 16.8 Å². The first-order chi connectivity index (χ1) is 15.4. The van der Waals surface area contributed by atoms with Gasteiger partial charge in [0.2, 0.25) is 0 Å². The number of fused-ring (bicyclic) bond motifs is 1. The number of sulfonamides is 1. The molecule has 0 atom stereocenters. The van der Waals surface area contributed by atoms with Gasteiger partial charge >= 0.3 is 0 Å². The Morgan fingerprint density at radius 1 is 0.906 bits per heavy atom. The van der Waals surface area contributed by atoms with E-state index in [9.17, 15) is 13.2 Å². The van der Waals surface area contributed by atoms with Crippen molar-refractivity contribution in [1.29, 1.82) is 0 Å². The number of hydrogen-bond donors (Lipinski definition) is 2. The zero-order valence-electron chi connectivity index (χ0n) is 17.3. The normalized spacial score (nSPS) is 13.0. The summed E-state index contributed by atoms with van der Waals surface area (Å²) in [4.78, 5) is 12.7. The van der Waals surface area contributed by atoms with E-state index < -0.39 is 15.9 Å². The second-order valence-corrected chi connectivity index (χ2v) is 8.71. The smallest absolute Gasteiger partial charge is 0.261 e. The van der Waals surface area contributed by atoms with E-state index in [-0.39, 0.29) is 4.90 Å². The molecule has 0 saturated heterocycles. The van der Waals surface area contributed by atoms with Gasteiger partial charge in [0.05, 0.1) is 25.2 Å². The molecule has 2 N–H and O–H groups in total. The molecule has 0 saturated carbocycles. The highest BCUT2D eigenvalue weighted by Crippen LogP contribution is 2.31. The molecule has 0 unspecified atom stereocenters. The van der Waals surface area contributed by atoms with E-state index in [0.29, 0.717) is 47.4 Å². The Morgan fingerprint density at radius 2 is 1.66 bits per heavy atom. The molecule has 1 aliphatic rings. The third-order valence-electron chi connectivity index (χ3n) is 4.75. The van der Waals surface area contributed by atoms with Gasteiger partial charge in [0.1, 0.15) is 5.75 Å². The lowest BCUT2D eigenvalue weighted by molar-refractivity contribution is 0.102. The van der Waals surface area contributed by atoms with Crippen LogP contribution >= 0.6 is 0 Å². The highest BCUT2D eigenvalue weighted by molar-refractivity contribution is 7.92. The summed E-state index contributed by atoms with van der Waals surface area (Å²) in [5.74, 6) is 1.33. The third-order valence-corrected chi connectivity index (χ3v) is 6.13. The molecular weight excluding hydrogens is 432 g/mol. The first-order valence-corrected chi connectivity index (χ1v) is 11.4. The predicted octanol–water partition coefficient (Wildman–Crippen LogP) is 3.91. The van der Waals surface area contributed by atoms with Gasteiger partial charge in [-0.3, -0.25) is 9.52 Å². The minimum atomic E-state index is -3.85. The van der Waals surface area contributed by atoms with Crippen LogP contribution in [0.3, 0.4) is 0 Å². The van der Waals surface area contributed by atoms with Crippen LogP contribution in [0.25, 0.3) is 0 Å². The van der Waals surface area contributed by atoms with Crippen molar-refractivity contribution in [2.45, 2.75) is 11.3 Å². The number of rotatable bonds is 6. The summed E-state index contributed by atoms with van der Waals surface area (Å²) < 4.78 is 44.3. The first kappa shape index (κ1) is 21.5. The number of carbonyl (C=O) groups is 1. The monoisotopic (exact) mass is 454 g/mol. The average Bonchev–Trinajstić information content (AvgIpc) is 3.04. The number of ether oxygens (including phenoxy) is 3. The predicted molar refractivity (Wildman–Crippen MR) is 120 cm³/mol. The zero-order valence-corrected chi connectivity index (χ0v) is 18.1. The molecule has 4 rings (SSSR count). The number of carbonyl (C=O) groups excluding carboxylic acids is 1. The van der Waals surface area contributed by atoms with Crippen LogP contribution in [0, 0.1) is 0 Å². The van der Waals surface area contributed by atoms with Gasteiger partial charge in [-0.1, -0.05) is 6.07 Å². The second-order valence-electron chi connectivity index (χ2n) is 7.03. The lowest BCUT2D eigenvalue weighted by Gasteiger charge is -2.12. The molecule has 0 radical (unpaired) electrons. The molecule has 0 aliphatic carbocycles. The van der Waals surface area contributed by atoms with E-state index in [1.165, 1.54) is 19.2 Å². The van der Waals surface area contributed by atoms with Crippen molar-refractivity contribution in [3.8, 4) is 17.2 Å². The lowest BCUT2D eigenvalue weighted by Crippen LogP contribution is -2.15. The highest BCUT2D eigenvalue weighted by Gasteiger charge is 2.17. The first-order valence-electron chi connectivity index (χ1n) is 9.92. The molecular formula is C23H22N2O6S. The van der Waals surface area contributed by atoms with Crippen LogP contribution in [0.2, 0.25) is 0 Å². The van der Waals surface area contributed by atoms with Crippen molar-refractivity contribution in [3.05, 3.63) is 72.3 Å². The van der Waals surface area contributed by atoms with Crippen LogP contribution < -0.4 is 24.2 Å². The van der Waals surface area contributed by atoms with Crippen molar-refractivity contribution < 1.29 is 27.4 Å². The summed E-state index contributed by atoms with van der Waals surface area (Å²) >= 11 is 0. The quantitative estimate of drug-likeness (QED) is 0.585. The van der Waals surface area contributed by atoms with E-state index >= 15 is 0 Å². The fourth-order valence-corrected chi connectivity index (χ4v) is 4.23. The molecule has 9 heteroatoms. The maximum atomic E-state index is 12.8. The van der Waals surface area contributed by atoms with Crippen molar-refractivity contribution in [2.75, 3.05) is 30.4 Å². The summed E-state index contributed by atoms with van der Waals surface area (Å²) in [6.45, 7) is 1.07. The number of anilines is 2. The van der Waals surface area contributed by atoms with Gasteiger partial charge in [-0.2, -0.15) is 0 Å². The minimum absolute atomic E-state index is 0.0183. The van der Waals surface area contributed by atoms with Crippen LogP contribution in [-0.4, -0.2) is 34.6 Å². The van der Waals surface area contributed by atoms with Gasteiger partial charge in [0.25, 0.3) is 15.9 Å². The standard InChI is InChI=1S/C23H22N2O6S/c1-29-19-9-7-17(8-10-19)25-32(27,28)20-5-2-4-18(15-20)24-23(26)16-6-11-21-22(14-16)31-13-3-12-30-21/h2,4-11,14-15,25H,3,12-13H2,1H3,(H,24,26). The van der Waals surface area contributed by atoms with E-state index in [1.54, 1.807) is 54.6 Å². The number of hydrogen-bond acceptors (Lipinski definition) is 6. The van der Waals surface area contributed by atoms with Gasteiger partial charge in [-0.05, 0) is 60.7 Å². The summed E-state index contributed by atoms with van der Waals surface area (Å²) in [7, 11) is -2.32. The van der Waals surface area contributed by atoms with Crippen molar-refractivity contribution >= 4 is 27.3 Å². The molecule has 0 fully saturated rings. The largest absolute Gasteiger partial charge is 0.497 e. The molecule has 0 spiro atoms. The Morgan fingerprint density at radius 3 is 2.41 bits per heavy atom. The fraction of sp³-hybridized carbons (Fsp3) is 0.174. The summed E-state index contributed by atoms with van der Waals surface area (Å²) in [5, 5.41) is 2.73. The van der Waals surface area contributed by atoms with Crippen LogP contribution in [0.4, 0.5) is 11.4 Å². The van der Waals surface area contributed by atoms with E-state index in [4.69, 9.17) is 14.2 Å². The Labute approximate surface area is 186 Å². The topological polar surface area (TPSA) is 103 Å². The maximum Gasteiger partial charge on any atom is 0.261 e. The molecule has 1 heterocycles. The van der Waals surface area contributed by atoms with Gasteiger partial charge in [0.15, 0.2) is 11.5 Å². The van der Waals surface area contributed by atoms with Crippen molar-refractivity contribution in [1.82, 2.24) is 0 Å². The molecule has 8 nitrogen and oxygen atoms in total. The zero-order chi connectivity index (χ0) is 22.6. The number of methoxy groups -OCH3 is 1. The molecule has 3 aromatic carbocycles. The number of amides is 1. The SMILES string of the molecule is COc1ccc(NS(=O)(=O)c2cccc(NC(=O)c3ccc4c(c3)OCCCO4)c2)cc1. The molecule has 0 bridgehead atoms. The summed E-state index contributed by atoms with van der Waals surface area (Å²) in [6, 6.07) is 17.5. The Bertz CT molecular complexity index is 1230. The van der Waals surface area contributed by atoms with Gasteiger partial charge in [0, 0.05) is 23.4 Å². The second kappa shape index (κ2) is 9.19. The third kappa shape index (κ3) is 4.94. The number of nitrogens with one attached hydrogen (secondary N) is 2. The van der Waals surface area contributed by atoms with Crippen LogP contribution in [-0.2, 0) is 10.0 Å². The van der Waals surface area contributed by atoms with Gasteiger partial charge in [-0.15, -0.1) is 0 Å². The fourth-order valence-electron chi connectivity index (χ4n) is 3.12. The summed E-state index contributed by atoms with van der Waals surface area (Å²) in [5.41, 5.74) is 1.12. The molecule has 3 aromatic rings. The van der Waals surface area contributed by atoms with E-state index in [1.807, 2.05) is 0 Å². The molecule has 1 aliphatic heterocycles. The van der Waals surface area contributed by atoms with Crippen molar-refractivity contribution in [2.24, 2.45) is 0 Å².